The highest BCUT2D eigenvalue weighted by Crippen LogP contribution is 2.46. The van der Waals surface area contributed by atoms with Gasteiger partial charge in [-0.2, -0.15) is 0 Å². The number of rotatable bonds is 0. The molecule has 0 unspecified atom stereocenters. The fraction of sp³-hybridized carbons (Fsp3) is 0.333. The SMILES string of the molecule is Oc1c2c(c(O)n1C(Cl)(Cl)Cl)CC=CC2. The Balaban J connectivity index is 2.64. The summed E-state index contributed by atoms with van der Waals surface area (Å²) in [5, 5.41) is 19.6. The Morgan fingerprint density at radius 3 is 1.73 bits per heavy atom. The van der Waals surface area contributed by atoms with Crippen LogP contribution in [-0.2, 0) is 16.8 Å². The highest BCUT2D eigenvalue weighted by molar-refractivity contribution is 6.64. The van der Waals surface area contributed by atoms with Gasteiger partial charge in [0.2, 0.25) is 11.8 Å². The lowest BCUT2D eigenvalue weighted by Crippen LogP contribution is -2.11. The molecule has 0 aromatic carbocycles. The number of nitrogens with zero attached hydrogens (tertiary/aromatic N) is 1. The molecule has 0 atom stereocenters. The molecule has 82 valence electrons. The molecule has 1 aromatic heterocycles. The molecule has 0 aliphatic heterocycles. The van der Waals surface area contributed by atoms with E-state index >= 15 is 0 Å². The summed E-state index contributed by atoms with van der Waals surface area (Å²) in [7, 11) is 0. The van der Waals surface area contributed by atoms with Gasteiger partial charge in [0.15, 0.2) is 0 Å². The largest absolute Gasteiger partial charge is 0.494 e. The normalized spacial score (nSPS) is 15.4. The first-order chi connectivity index (χ1) is 6.93. The van der Waals surface area contributed by atoms with Crippen molar-refractivity contribution in [2.24, 2.45) is 0 Å². The van der Waals surface area contributed by atoms with E-state index in [0.717, 1.165) is 4.57 Å². The number of hydrogen-bond acceptors (Lipinski definition) is 2. The van der Waals surface area contributed by atoms with Gasteiger partial charge in [-0.25, -0.2) is 4.57 Å². The van der Waals surface area contributed by atoms with Crippen LogP contribution in [0, 0.1) is 0 Å². The number of halogens is 3. The lowest BCUT2D eigenvalue weighted by Gasteiger charge is -2.15. The molecule has 1 aliphatic rings. The second-order valence-electron chi connectivity index (χ2n) is 3.29. The second kappa shape index (κ2) is 3.51. The Kier molecular flexibility index (Phi) is 2.57. The van der Waals surface area contributed by atoms with Gasteiger partial charge >= 0.3 is 0 Å². The van der Waals surface area contributed by atoms with Crippen molar-refractivity contribution < 1.29 is 10.2 Å². The number of allylic oxidation sites excluding steroid dienone is 2. The first-order valence-corrected chi connectivity index (χ1v) is 5.43. The van der Waals surface area contributed by atoms with Crippen LogP contribution in [0.25, 0.3) is 0 Å². The highest BCUT2D eigenvalue weighted by Gasteiger charge is 2.33. The van der Waals surface area contributed by atoms with E-state index in [4.69, 9.17) is 34.8 Å². The molecule has 0 radical (unpaired) electrons. The zero-order valence-electron chi connectivity index (χ0n) is 7.54. The second-order valence-corrected chi connectivity index (χ2v) is 5.51. The van der Waals surface area contributed by atoms with Gasteiger partial charge in [-0.3, -0.25) is 0 Å². The summed E-state index contributed by atoms with van der Waals surface area (Å²) in [4.78, 5) is 0. The molecular weight excluding hydrogens is 260 g/mol. The van der Waals surface area contributed by atoms with Crippen LogP contribution in [0.5, 0.6) is 11.8 Å². The fourth-order valence-electron chi connectivity index (χ4n) is 1.71. The van der Waals surface area contributed by atoms with E-state index in [1.54, 1.807) is 0 Å². The van der Waals surface area contributed by atoms with Crippen LogP contribution in [-0.4, -0.2) is 14.8 Å². The average molecular weight is 269 g/mol. The Bertz CT molecular complexity index is 400. The van der Waals surface area contributed by atoms with Gasteiger partial charge in [-0.05, 0) is 12.8 Å². The summed E-state index contributed by atoms with van der Waals surface area (Å²) in [5.41, 5.74) is 1.22. The van der Waals surface area contributed by atoms with Crippen LogP contribution in [0.4, 0.5) is 0 Å². The van der Waals surface area contributed by atoms with Crippen molar-refractivity contribution in [1.82, 2.24) is 4.57 Å². The van der Waals surface area contributed by atoms with Crippen LogP contribution < -0.4 is 0 Å². The van der Waals surface area contributed by atoms with Crippen LogP contribution >= 0.6 is 34.8 Å². The number of alkyl halides is 3. The van der Waals surface area contributed by atoms with Crippen LogP contribution in [0.15, 0.2) is 12.2 Å². The predicted octanol–water partition coefficient (Wildman–Crippen LogP) is 2.84. The minimum atomic E-state index is -1.88. The Morgan fingerprint density at radius 1 is 1.00 bits per heavy atom. The first-order valence-electron chi connectivity index (χ1n) is 4.29. The Labute approximate surface area is 101 Å². The van der Waals surface area contributed by atoms with Crippen LogP contribution in [0.3, 0.4) is 0 Å². The third kappa shape index (κ3) is 1.69. The van der Waals surface area contributed by atoms with Gasteiger partial charge in [-0.15, -0.1) is 0 Å². The Hall–Kier alpha value is -0.510. The van der Waals surface area contributed by atoms with Gasteiger partial charge in [0.1, 0.15) is 0 Å². The number of fused-ring (bicyclic) bond motifs is 1. The molecule has 2 rings (SSSR count). The maximum Gasteiger partial charge on any atom is 0.277 e. The zero-order valence-corrected chi connectivity index (χ0v) is 9.81. The minimum absolute atomic E-state index is 0.188. The van der Waals surface area contributed by atoms with Crippen molar-refractivity contribution in [2.75, 3.05) is 0 Å². The van der Waals surface area contributed by atoms with Crippen molar-refractivity contribution in [3.05, 3.63) is 23.3 Å². The van der Waals surface area contributed by atoms with E-state index in [2.05, 4.69) is 0 Å². The van der Waals surface area contributed by atoms with Crippen molar-refractivity contribution in [3.63, 3.8) is 0 Å². The lowest BCUT2D eigenvalue weighted by molar-refractivity contribution is 0.371. The standard InChI is InChI=1S/C9H8Cl3NO2/c10-9(11,12)13-7(14)5-3-1-2-4-6(5)8(13)15/h1-2,14-15H,3-4H2. The molecule has 2 N–H and O–H groups in total. The monoisotopic (exact) mass is 267 g/mol. The predicted molar refractivity (Wildman–Crippen MR) is 59.8 cm³/mol. The first kappa shape index (κ1) is 11.0. The zero-order chi connectivity index (χ0) is 11.2. The van der Waals surface area contributed by atoms with Gasteiger partial charge in [0, 0.05) is 11.1 Å². The fourth-order valence-corrected chi connectivity index (χ4v) is 2.19. The maximum atomic E-state index is 9.81. The van der Waals surface area contributed by atoms with E-state index in [-0.39, 0.29) is 11.8 Å². The van der Waals surface area contributed by atoms with Crippen molar-refractivity contribution in [3.8, 4) is 11.8 Å². The van der Waals surface area contributed by atoms with Crippen molar-refractivity contribution in [2.45, 2.75) is 16.8 Å². The molecule has 0 fully saturated rings. The van der Waals surface area contributed by atoms with E-state index in [9.17, 15) is 10.2 Å². The third-order valence-corrected chi connectivity index (χ3v) is 2.90. The third-order valence-electron chi connectivity index (χ3n) is 2.39. The summed E-state index contributed by atoms with van der Waals surface area (Å²) in [6.45, 7) is 0. The van der Waals surface area contributed by atoms with Gasteiger partial charge < -0.3 is 10.2 Å². The molecule has 0 saturated heterocycles. The molecule has 6 heteroatoms. The van der Waals surface area contributed by atoms with Crippen LogP contribution in [0.1, 0.15) is 11.1 Å². The van der Waals surface area contributed by atoms with Gasteiger partial charge in [0.05, 0.1) is 0 Å². The molecule has 0 amide bonds. The summed E-state index contributed by atoms with van der Waals surface area (Å²) in [6.07, 6.45) is 4.85. The quantitative estimate of drug-likeness (QED) is 0.561. The molecule has 15 heavy (non-hydrogen) atoms. The van der Waals surface area contributed by atoms with E-state index < -0.39 is 3.92 Å². The molecule has 1 aliphatic carbocycles. The molecule has 0 spiro atoms. The minimum Gasteiger partial charge on any atom is -0.494 e. The summed E-state index contributed by atoms with van der Waals surface area (Å²) in [6, 6.07) is 0. The van der Waals surface area contributed by atoms with Crippen molar-refractivity contribution in [1.29, 1.82) is 0 Å². The molecule has 3 nitrogen and oxygen atoms in total. The molecule has 1 aromatic rings. The van der Waals surface area contributed by atoms with E-state index in [1.807, 2.05) is 12.2 Å². The topological polar surface area (TPSA) is 45.4 Å². The Morgan fingerprint density at radius 2 is 1.40 bits per heavy atom. The van der Waals surface area contributed by atoms with E-state index in [0.29, 0.717) is 24.0 Å². The molecular formula is C9H8Cl3NO2. The van der Waals surface area contributed by atoms with Gasteiger partial charge in [0.25, 0.3) is 3.92 Å². The maximum absolute atomic E-state index is 9.81. The number of aromatic nitrogens is 1. The van der Waals surface area contributed by atoms with Crippen molar-refractivity contribution >= 4 is 34.8 Å². The molecule has 0 bridgehead atoms. The average Bonchev–Trinajstić information content (AvgIpc) is 2.39. The van der Waals surface area contributed by atoms with E-state index in [1.165, 1.54) is 0 Å². The summed E-state index contributed by atoms with van der Waals surface area (Å²) >= 11 is 16.9. The summed E-state index contributed by atoms with van der Waals surface area (Å²) < 4.78 is -0.985. The molecule has 0 saturated carbocycles. The lowest BCUT2D eigenvalue weighted by atomic mass is 10.0. The van der Waals surface area contributed by atoms with Crippen LogP contribution in [0.2, 0.25) is 0 Å². The van der Waals surface area contributed by atoms with Gasteiger partial charge in [-0.1, -0.05) is 47.0 Å². The number of hydrogen-bond donors (Lipinski definition) is 2. The number of aromatic hydroxyl groups is 2. The smallest absolute Gasteiger partial charge is 0.277 e. The molecule has 1 heterocycles. The highest BCUT2D eigenvalue weighted by atomic mass is 35.6. The summed E-state index contributed by atoms with van der Waals surface area (Å²) in [5.74, 6) is -0.376.